The molecule has 117 valence electrons. The van der Waals surface area contributed by atoms with Gasteiger partial charge in [0.1, 0.15) is 5.75 Å². The van der Waals surface area contributed by atoms with Gasteiger partial charge in [0.15, 0.2) is 6.10 Å². The second kappa shape index (κ2) is 7.90. The molecule has 0 amide bonds. The summed E-state index contributed by atoms with van der Waals surface area (Å²) < 4.78 is 43.1. The first kappa shape index (κ1) is 17.3. The maximum atomic E-state index is 12.9. The predicted octanol–water partition coefficient (Wildman–Crippen LogP) is 4.25. The van der Waals surface area contributed by atoms with E-state index >= 15 is 0 Å². The fourth-order valence-electron chi connectivity index (χ4n) is 1.82. The molecule has 1 rings (SSSR count). The van der Waals surface area contributed by atoms with Crippen molar-refractivity contribution in [3.8, 4) is 5.75 Å². The second-order valence-corrected chi connectivity index (χ2v) is 4.75. The van der Waals surface area contributed by atoms with Crippen LogP contribution in [0.2, 0.25) is 0 Å². The standard InChI is InChI=1S/C15H18F3O3/c1-2-3-4-5-9-13(15(16,17)18)21-14(20)11-7-6-8-12(19)10-11/h6-7,10,13,19H,2-5,9H2,1H3. The topological polar surface area (TPSA) is 46.5 Å². The lowest BCUT2D eigenvalue weighted by atomic mass is 10.1. The Morgan fingerprint density at radius 3 is 2.67 bits per heavy atom. The molecule has 1 unspecified atom stereocenters. The first-order valence-corrected chi connectivity index (χ1v) is 6.83. The number of carbonyl (C=O) groups is 1. The Labute approximate surface area is 121 Å². The SMILES string of the molecule is CCCCCCC(OC(=O)c1cc[c]c(O)c1)C(F)(F)F. The van der Waals surface area contributed by atoms with E-state index in [1.54, 1.807) is 0 Å². The van der Waals surface area contributed by atoms with Gasteiger partial charge in [-0.2, -0.15) is 13.2 Å². The zero-order valence-electron chi connectivity index (χ0n) is 11.7. The molecule has 0 aromatic heterocycles. The molecule has 1 radical (unpaired) electrons. The van der Waals surface area contributed by atoms with Crippen molar-refractivity contribution in [1.29, 1.82) is 0 Å². The number of aromatic hydroxyl groups is 1. The minimum absolute atomic E-state index is 0.131. The summed E-state index contributed by atoms with van der Waals surface area (Å²) in [4.78, 5) is 11.7. The molecular weight excluding hydrogens is 285 g/mol. The zero-order valence-corrected chi connectivity index (χ0v) is 11.7. The van der Waals surface area contributed by atoms with Crippen molar-refractivity contribution in [2.24, 2.45) is 0 Å². The molecule has 0 saturated heterocycles. The number of halogens is 3. The first-order chi connectivity index (χ1) is 9.84. The smallest absolute Gasteiger partial charge is 0.425 e. The lowest BCUT2D eigenvalue weighted by molar-refractivity contribution is -0.206. The Hall–Kier alpha value is -1.72. The highest BCUT2D eigenvalue weighted by atomic mass is 19.4. The Morgan fingerprint density at radius 1 is 1.38 bits per heavy atom. The molecule has 0 aliphatic heterocycles. The Balaban J connectivity index is 2.65. The van der Waals surface area contributed by atoms with Crippen LogP contribution in [-0.2, 0) is 4.74 Å². The van der Waals surface area contributed by atoms with Gasteiger partial charge in [-0.05, 0) is 31.0 Å². The van der Waals surface area contributed by atoms with Crippen molar-refractivity contribution in [1.82, 2.24) is 0 Å². The third kappa shape index (κ3) is 6.06. The predicted molar refractivity (Wildman–Crippen MR) is 71.0 cm³/mol. The Kier molecular flexibility index (Phi) is 6.52. The van der Waals surface area contributed by atoms with Gasteiger partial charge in [0, 0.05) is 6.07 Å². The van der Waals surface area contributed by atoms with Crippen LogP contribution in [0.1, 0.15) is 49.4 Å². The van der Waals surface area contributed by atoms with Crippen molar-refractivity contribution in [2.75, 3.05) is 0 Å². The molecule has 1 aromatic rings. The highest BCUT2D eigenvalue weighted by Crippen LogP contribution is 2.28. The van der Waals surface area contributed by atoms with E-state index in [0.29, 0.717) is 12.8 Å². The summed E-state index contributed by atoms with van der Waals surface area (Å²) >= 11 is 0. The van der Waals surface area contributed by atoms with E-state index in [4.69, 9.17) is 0 Å². The lowest BCUT2D eigenvalue weighted by Crippen LogP contribution is -2.33. The summed E-state index contributed by atoms with van der Waals surface area (Å²) in [6.45, 7) is 1.96. The van der Waals surface area contributed by atoms with Crippen LogP contribution in [0.5, 0.6) is 5.75 Å². The molecule has 6 heteroatoms. The summed E-state index contributed by atoms with van der Waals surface area (Å²) in [5.74, 6) is -1.42. The number of alkyl halides is 3. The van der Waals surface area contributed by atoms with Crippen LogP contribution >= 0.6 is 0 Å². The van der Waals surface area contributed by atoms with E-state index in [-0.39, 0.29) is 17.7 Å². The number of hydrogen-bond donors (Lipinski definition) is 1. The molecule has 0 fully saturated rings. The van der Waals surface area contributed by atoms with Crippen LogP contribution in [0.4, 0.5) is 13.2 Å². The number of carbonyl (C=O) groups excluding carboxylic acids is 1. The molecular formula is C15H18F3O3. The highest BCUT2D eigenvalue weighted by molar-refractivity contribution is 5.89. The van der Waals surface area contributed by atoms with Crippen LogP contribution in [0.25, 0.3) is 0 Å². The van der Waals surface area contributed by atoms with E-state index in [9.17, 15) is 23.1 Å². The summed E-state index contributed by atoms with van der Waals surface area (Å²) in [5, 5.41) is 9.17. The van der Waals surface area contributed by atoms with Crippen LogP contribution in [0.15, 0.2) is 18.2 Å². The molecule has 0 heterocycles. The maximum Gasteiger partial charge on any atom is 0.425 e. The van der Waals surface area contributed by atoms with Gasteiger partial charge >= 0.3 is 12.1 Å². The number of hydrogen-bond acceptors (Lipinski definition) is 3. The fourth-order valence-corrected chi connectivity index (χ4v) is 1.82. The number of phenols is 1. The average molecular weight is 303 g/mol. The monoisotopic (exact) mass is 303 g/mol. The average Bonchev–Trinajstić information content (AvgIpc) is 2.40. The van der Waals surface area contributed by atoms with E-state index in [1.165, 1.54) is 12.1 Å². The fraction of sp³-hybridized carbons (Fsp3) is 0.533. The van der Waals surface area contributed by atoms with Gasteiger partial charge in [0.05, 0.1) is 5.56 Å². The van der Waals surface area contributed by atoms with Gasteiger partial charge in [-0.3, -0.25) is 0 Å². The molecule has 21 heavy (non-hydrogen) atoms. The van der Waals surface area contributed by atoms with Crippen molar-refractivity contribution in [2.45, 2.75) is 51.3 Å². The minimum Gasteiger partial charge on any atom is -0.507 e. The first-order valence-electron chi connectivity index (χ1n) is 6.83. The van der Waals surface area contributed by atoms with Gasteiger partial charge in [-0.15, -0.1) is 0 Å². The van der Waals surface area contributed by atoms with Gasteiger partial charge in [-0.1, -0.05) is 26.2 Å². The lowest BCUT2D eigenvalue weighted by Gasteiger charge is -2.20. The van der Waals surface area contributed by atoms with E-state index in [2.05, 4.69) is 10.8 Å². The number of ether oxygens (including phenoxy) is 1. The number of benzene rings is 1. The number of rotatable bonds is 7. The molecule has 0 bridgehead atoms. The van der Waals surface area contributed by atoms with Crippen LogP contribution in [0.3, 0.4) is 0 Å². The molecule has 1 atom stereocenters. The third-order valence-corrected chi connectivity index (χ3v) is 2.96. The summed E-state index contributed by atoms with van der Waals surface area (Å²) in [6, 6.07) is 5.89. The molecule has 0 aliphatic carbocycles. The molecule has 0 saturated carbocycles. The van der Waals surface area contributed by atoms with E-state index in [0.717, 1.165) is 18.9 Å². The van der Waals surface area contributed by atoms with Gasteiger partial charge in [0.2, 0.25) is 0 Å². The van der Waals surface area contributed by atoms with Crippen molar-refractivity contribution >= 4 is 5.97 Å². The molecule has 3 nitrogen and oxygen atoms in total. The Bertz CT molecular complexity index is 458. The van der Waals surface area contributed by atoms with Gasteiger partial charge in [0.25, 0.3) is 0 Å². The number of unbranched alkanes of at least 4 members (excludes halogenated alkanes) is 3. The van der Waals surface area contributed by atoms with Crippen molar-refractivity contribution in [3.63, 3.8) is 0 Å². The third-order valence-electron chi connectivity index (χ3n) is 2.96. The molecule has 0 spiro atoms. The van der Waals surface area contributed by atoms with Crippen LogP contribution in [0, 0.1) is 6.07 Å². The van der Waals surface area contributed by atoms with Gasteiger partial charge < -0.3 is 9.84 Å². The molecule has 0 aliphatic rings. The zero-order chi connectivity index (χ0) is 15.9. The largest absolute Gasteiger partial charge is 0.507 e. The normalized spacial score (nSPS) is 13.0. The minimum atomic E-state index is -4.59. The maximum absolute atomic E-state index is 12.9. The van der Waals surface area contributed by atoms with E-state index in [1.807, 2.05) is 6.92 Å². The molecule has 1 N–H and O–H groups in total. The highest BCUT2D eigenvalue weighted by Gasteiger charge is 2.42. The summed E-state index contributed by atoms with van der Waals surface area (Å²) in [7, 11) is 0. The van der Waals surface area contributed by atoms with E-state index < -0.39 is 18.2 Å². The number of esters is 1. The quantitative estimate of drug-likeness (QED) is 0.605. The molecule has 1 aromatic carbocycles. The number of phenolic OH excluding ortho intramolecular Hbond substituents is 1. The Morgan fingerprint density at radius 2 is 2.10 bits per heavy atom. The van der Waals surface area contributed by atoms with Crippen LogP contribution < -0.4 is 0 Å². The summed E-state index contributed by atoms with van der Waals surface area (Å²) in [5.41, 5.74) is -0.131. The van der Waals surface area contributed by atoms with Crippen molar-refractivity contribution < 1.29 is 27.8 Å². The van der Waals surface area contributed by atoms with Crippen molar-refractivity contribution in [3.05, 3.63) is 29.8 Å². The summed E-state index contributed by atoms with van der Waals surface area (Å²) in [6.07, 6.45) is -4.18. The second-order valence-electron chi connectivity index (χ2n) is 4.75. The van der Waals surface area contributed by atoms with Gasteiger partial charge in [-0.25, -0.2) is 4.79 Å². The van der Waals surface area contributed by atoms with Crippen LogP contribution in [-0.4, -0.2) is 23.4 Å².